The summed E-state index contributed by atoms with van der Waals surface area (Å²) in [6.45, 7) is 1.80. The van der Waals surface area contributed by atoms with Gasteiger partial charge in [-0.05, 0) is 37.1 Å². The normalized spacial score (nSPS) is 26.4. The number of hydrogen-bond donors (Lipinski definition) is 2. The van der Waals surface area contributed by atoms with Crippen LogP contribution >= 0.6 is 0 Å². The van der Waals surface area contributed by atoms with Crippen LogP contribution in [0.4, 0.5) is 0 Å². The summed E-state index contributed by atoms with van der Waals surface area (Å²) in [5, 5.41) is 3.30. The minimum absolute atomic E-state index is 0.643. The van der Waals surface area contributed by atoms with E-state index in [0.717, 1.165) is 24.3 Å². The third-order valence-corrected chi connectivity index (χ3v) is 5.26. The van der Waals surface area contributed by atoms with Crippen LogP contribution < -0.4 is 11.1 Å². The van der Waals surface area contributed by atoms with Gasteiger partial charge in [0.1, 0.15) is 0 Å². The number of hydrogen-bond acceptors (Lipinski definition) is 2. The third-order valence-electron chi connectivity index (χ3n) is 5.26. The summed E-state index contributed by atoms with van der Waals surface area (Å²) in [5.74, 6) is 3.08. The summed E-state index contributed by atoms with van der Waals surface area (Å²) < 4.78 is 0. The molecule has 2 nitrogen and oxygen atoms in total. The molecule has 2 heteroatoms. The molecule has 2 saturated carbocycles. The van der Waals surface area contributed by atoms with E-state index < -0.39 is 0 Å². The molecular weight excluding hydrogens is 232 g/mol. The highest BCUT2D eigenvalue weighted by Crippen LogP contribution is 2.37. The molecule has 0 aliphatic heterocycles. The van der Waals surface area contributed by atoms with Gasteiger partial charge < -0.3 is 11.1 Å². The highest BCUT2D eigenvalue weighted by Gasteiger charge is 2.29. The molecule has 0 heterocycles. The fraction of sp³-hybridized carbons (Fsp3) is 1.00. The van der Waals surface area contributed by atoms with E-state index in [0.29, 0.717) is 6.67 Å². The van der Waals surface area contributed by atoms with E-state index in [2.05, 4.69) is 5.32 Å². The van der Waals surface area contributed by atoms with Crippen LogP contribution in [0, 0.1) is 17.8 Å². The van der Waals surface area contributed by atoms with E-state index in [1.165, 1.54) is 77.0 Å². The van der Waals surface area contributed by atoms with E-state index in [-0.39, 0.29) is 0 Å². The van der Waals surface area contributed by atoms with Crippen LogP contribution in [0.2, 0.25) is 0 Å². The zero-order valence-electron chi connectivity index (χ0n) is 12.7. The molecule has 2 aliphatic carbocycles. The van der Waals surface area contributed by atoms with E-state index in [1.54, 1.807) is 0 Å². The van der Waals surface area contributed by atoms with Gasteiger partial charge in [0.25, 0.3) is 0 Å². The SMILES string of the molecule is NCNCC1CCC1CCCCCCCCC1CC1. The van der Waals surface area contributed by atoms with Crippen LogP contribution in [0.25, 0.3) is 0 Å². The van der Waals surface area contributed by atoms with Crippen molar-refractivity contribution < 1.29 is 0 Å². The average Bonchev–Trinajstić information content (AvgIpc) is 3.20. The average molecular weight is 266 g/mol. The smallest absolute Gasteiger partial charge is 0.0428 e. The van der Waals surface area contributed by atoms with E-state index in [4.69, 9.17) is 5.73 Å². The van der Waals surface area contributed by atoms with Crippen LogP contribution in [-0.2, 0) is 0 Å². The molecule has 0 bridgehead atoms. The van der Waals surface area contributed by atoms with Crippen LogP contribution in [0.15, 0.2) is 0 Å². The summed E-state index contributed by atoms with van der Waals surface area (Å²) in [6, 6.07) is 0. The molecule has 0 spiro atoms. The molecule has 0 saturated heterocycles. The maximum absolute atomic E-state index is 5.49. The summed E-state index contributed by atoms with van der Waals surface area (Å²) in [7, 11) is 0. The summed E-state index contributed by atoms with van der Waals surface area (Å²) >= 11 is 0. The lowest BCUT2D eigenvalue weighted by Gasteiger charge is -2.37. The quantitative estimate of drug-likeness (QED) is 0.413. The second-order valence-electron chi connectivity index (χ2n) is 6.90. The first-order valence-corrected chi connectivity index (χ1v) is 8.81. The predicted octanol–water partition coefficient (Wildman–Crippen LogP) is 4.05. The van der Waals surface area contributed by atoms with Crippen molar-refractivity contribution in [2.75, 3.05) is 13.2 Å². The molecule has 112 valence electrons. The van der Waals surface area contributed by atoms with Gasteiger partial charge in [0, 0.05) is 6.67 Å². The van der Waals surface area contributed by atoms with Gasteiger partial charge in [0.15, 0.2) is 0 Å². The minimum atomic E-state index is 0.643. The van der Waals surface area contributed by atoms with E-state index in [1.807, 2.05) is 0 Å². The standard InChI is InChI=1S/C17H34N2/c18-14-19-13-17-12-11-16(17)8-6-4-2-1-3-5-7-15-9-10-15/h15-17,19H,1-14,18H2. The van der Waals surface area contributed by atoms with Crippen molar-refractivity contribution in [2.24, 2.45) is 23.5 Å². The van der Waals surface area contributed by atoms with Crippen molar-refractivity contribution in [2.45, 2.75) is 77.0 Å². The Bertz CT molecular complexity index is 225. The highest BCUT2D eigenvalue weighted by molar-refractivity contribution is 4.82. The molecule has 2 atom stereocenters. The minimum Gasteiger partial charge on any atom is -0.318 e. The second-order valence-corrected chi connectivity index (χ2v) is 6.90. The molecule has 0 radical (unpaired) electrons. The lowest BCUT2D eigenvalue weighted by molar-refractivity contribution is 0.156. The van der Waals surface area contributed by atoms with Crippen molar-refractivity contribution >= 4 is 0 Å². The van der Waals surface area contributed by atoms with Gasteiger partial charge in [-0.2, -0.15) is 0 Å². The Hall–Kier alpha value is -0.0800. The van der Waals surface area contributed by atoms with Crippen molar-refractivity contribution in [1.82, 2.24) is 5.32 Å². The number of nitrogens with one attached hydrogen (secondary N) is 1. The van der Waals surface area contributed by atoms with E-state index in [9.17, 15) is 0 Å². The molecule has 0 amide bonds. The lowest BCUT2D eigenvalue weighted by Crippen LogP contribution is -2.37. The van der Waals surface area contributed by atoms with Gasteiger partial charge in [-0.15, -0.1) is 0 Å². The fourth-order valence-corrected chi connectivity index (χ4v) is 3.51. The maximum Gasteiger partial charge on any atom is 0.0428 e. The molecule has 0 aromatic rings. The Balaban J connectivity index is 1.33. The van der Waals surface area contributed by atoms with Gasteiger partial charge in [0.05, 0.1) is 0 Å². The van der Waals surface area contributed by atoms with Crippen molar-refractivity contribution in [3.63, 3.8) is 0 Å². The molecule has 19 heavy (non-hydrogen) atoms. The summed E-state index contributed by atoms with van der Waals surface area (Å²) in [4.78, 5) is 0. The molecule has 2 aliphatic rings. The van der Waals surface area contributed by atoms with Crippen molar-refractivity contribution in [1.29, 1.82) is 0 Å². The van der Waals surface area contributed by atoms with Crippen LogP contribution in [0.1, 0.15) is 77.0 Å². The Labute approximate surface area is 119 Å². The predicted molar refractivity (Wildman–Crippen MR) is 82.9 cm³/mol. The molecule has 0 aromatic carbocycles. The van der Waals surface area contributed by atoms with Gasteiger partial charge in [0.2, 0.25) is 0 Å². The van der Waals surface area contributed by atoms with Crippen LogP contribution in [0.3, 0.4) is 0 Å². The fourth-order valence-electron chi connectivity index (χ4n) is 3.51. The van der Waals surface area contributed by atoms with Gasteiger partial charge in [-0.3, -0.25) is 0 Å². The van der Waals surface area contributed by atoms with Crippen LogP contribution in [-0.4, -0.2) is 13.2 Å². The molecule has 2 unspecified atom stereocenters. The Kier molecular flexibility index (Phi) is 7.23. The van der Waals surface area contributed by atoms with Crippen molar-refractivity contribution in [3.05, 3.63) is 0 Å². The molecule has 3 N–H and O–H groups in total. The first-order chi connectivity index (χ1) is 9.40. The zero-order chi connectivity index (χ0) is 13.3. The molecular formula is C17H34N2. The van der Waals surface area contributed by atoms with E-state index >= 15 is 0 Å². The first kappa shape index (κ1) is 15.3. The van der Waals surface area contributed by atoms with Crippen molar-refractivity contribution in [3.8, 4) is 0 Å². The second kappa shape index (κ2) is 8.97. The van der Waals surface area contributed by atoms with Gasteiger partial charge in [-0.25, -0.2) is 0 Å². The zero-order valence-corrected chi connectivity index (χ0v) is 12.7. The Morgan fingerprint density at radius 1 is 0.737 bits per heavy atom. The highest BCUT2D eigenvalue weighted by atomic mass is 15.0. The number of unbranched alkanes of at least 4 members (excludes halogenated alkanes) is 5. The van der Waals surface area contributed by atoms with Crippen LogP contribution in [0.5, 0.6) is 0 Å². The maximum atomic E-state index is 5.49. The first-order valence-electron chi connectivity index (χ1n) is 8.81. The molecule has 2 fully saturated rings. The topological polar surface area (TPSA) is 38.0 Å². The molecule has 2 rings (SSSR count). The third kappa shape index (κ3) is 6.27. The summed E-state index contributed by atoms with van der Waals surface area (Å²) in [6.07, 6.45) is 17.8. The Morgan fingerprint density at radius 3 is 1.95 bits per heavy atom. The number of rotatable bonds is 12. The molecule has 0 aromatic heterocycles. The monoisotopic (exact) mass is 266 g/mol. The van der Waals surface area contributed by atoms with Gasteiger partial charge >= 0.3 is 0 Å². The van der Waals surface area contributed by atoms with Gasteiger partial charge in [-0.1, -0.05) is 64.2 Å². The lowest BCUT2D eigenvalue weighted by atomic mass is 9.71. The largest absolute Gasteiger partial charge is 0.318 e. The summed E-state index contributed by atoms with van der Waals surface area (Å²) in [5.41, 5.74) is 5.49. The Morgan fingerprint density at radius 2 is 1.37 bits per heavy atom. The number of nitrogens with two attached hydrogens (primary N) is 1.